The second kappa shape index (κ2) is 8.42. The third kappa shape index (κ3) is 3.95. The van der Waals surface area contributed by atoms with Crippen molar-refractivity contribution in [2.24, 2.45) is 0 Å². The zero-order valence-electron chi connectivity index (χ0n) is 15.8. The summed E-state index contributed by atoms with van der Waals surface area (Å²) in [5.41, 5.74) is 2.80. The van der Waals surface area contributed by atoms with Crippen molar-refractivity contribution in [3.05, 3.63) is 62.6 Å². The van der Waals surface area contributed by atoms with Crippen LogP contribution in [0.25, 0.3) is 11.3 Å². The molecule has 4 rings (SSSR count). The first kappa shape index (κ1) is 19.7. The number of aromatic nitrogens is 2. The minimum Gasteiger partial charge on any atom is -0.350 e. The van der Waals surface area contributed by atoms with E-state index in [1.54, 1.807) is 23.1 Å². The van der Waals surface area contributed by atoms with Gasteiger partial charge in [0.05, 0.1) is 11.4 Å². The fourth-order valence-corrected chi connectivity index (χ4v) is 4.59. The van der Waals surface area contributed by atoms with Crippen molar-refractivity contribution in [2.45, 2.75) is 19.8 Å². The highest BCUT2D eigenvalue weighted by atomic mass is 79.9. The lowest BCUT2D eigenvalue weighted by atomic mass is 10.1. The number of anilines is 1. The summed E-state index contributed by atoms with van der Waals surface area (Å²) in [6, 6.07) is 13.0. The number of pyridine rings is 1. The zero-order valence-corrected chi connectivity index (χ0v) is 18.2. The molecule has 3 aromatic rings. The summed E-state index contributed by atoms with van der Waals surface area (Å²) < 4.78 is 0.620. The smallest absolute Gasteiger partial charge is 0.280 e. The number of carbonyl (C=O) groups is 2. The van der Waals surface area contributed by atoms with Gasteiger partial charge < -0.3 is 10.2 Å². The van der Waals surface area contributed by atoms with Gasteiger partial charge in [0.15, 0.2) is 5.01 Å². The van der Waals surface area contributed by atoms with Gasteiger partial charge in [-0.25, -0.2) is 9.97 Å². The minimum atomic E-state index is -0.158. The first-order valence-corrected chi connectivity index (χ1v) is 11.0. The molecule has 0 saturated carbocycles. The van der Waals surface area contributed by atoms with Crippen LogP contribution in [0.1, 0.15) is 38.5 Å². The lowest BCUT2D eigenvalue weighted by Gasteiger charge is -2.22. The Balaban J connectivity index is 1.72. The van der Waals surface area contributed by atoms with Gasteiger partial charge >= 0.3 is 0 Å². The van der Waals surface area contributed by atoms with Crippen LogP contribution in [0.2, 0.25) is 0 Å². The summed E-state index contributed by atoms with van der Waals surface area (Å²) in [4.78, 5) is 37.3. The number of fused-ring (bicyclic) bond motifs is 3. The van der Waals surface area contributed by atoms with Crippen molar-refractivity contribution < 1.29 is 9.59 Å². The molecule has 0 atom stereocenters. The van der Waals surface area contributed by atoms with E-state index in [2.05, 4.69) is 31.2 Å². The molecule has 6 nitrogen and oxygen atoms in total. The number of halogens is 1. The molecule has 0 unspecified atom stereocenters. The molecule has 1 N–H and O–H groups in total. The summed E-state index contributed by atoms with van der Waals surface area (Å²) in [6.07, 6.45) is 1.50. The van der Waals surface area contributed by atoms with E-state index in [-0.39, 0.29) is 11.8 Å². The normalized spacial score (nSPS) is 12.7. The van der Waals surface area contributed by atoms with Gasteiger partial charge in [0.1, 0.15) is 10.3 Å². The van der Waals surface area contributed by atoms with Gasteiger partial charge in [-0.3, -0.25) is 9.59 Å². The van der Waals surface area contributed by atoms with E-state index < -0.39 is 0 Å². The van der Waals surface area contributed by atoms with Crippen LogP contribution >= 0.6 is 27.3 Å². The average molecular weight is 471 g/mol. The Morgan fingerprint density at radius 1 is 1.17 bits per heavy atom. The number of hydrogen-bond donors (Lipinski definition) is 1. The quantitative estimate of drug-likeness (QED) is 0.576. The van der Waals surface area contributed by atoms with Crippen molar-refractivity contribution in [3.8, 4) is 11.3 Å². The second-order valence-corrected chi connectivity index (χ2v) is 8.51. The van der Waals surface area contributed by atoms with E-state index >= 15 is 0 Å². The molecule has 148 valence electrons. The number of rotatable bonds is 4. The second-order valence-electron chi connectivity index (χ2n) is 6.62. The lowest BCUT2D eigenvalue weighted by molar-refractivity contribution is 0.0951. The number of benzene rings is 1. The largest absolute Gasteiger partial charge is 0.350 e. The summed E-state index contributed by atoms with van der Waals surface area (Å²) in [6.45, 7) is 3.14. The van der Waals surface area contributed by atoms with Gasteiger partial charge in [-0.15, -0.1) is 11.3 Å². The van der Waals surface area contributed by atoms with Crippen molar-refractivity contribution >= 4 is 44.8 Å². The molecule has 1 aliphatic heterocycles. The third-order valence-corrected chi connectivity index (χ3v) is 6.17. The number of nitrogens with zero attached hydrogens (tertiary/aromatic N) is 3. The number of nitrogens with one attached hydrogen (secondary N) is 1. The van der Waals surface area contributed by atoms with E-state index in [9.17, 15) is 9.59 Å². The summed E-state index contributed by atoms with van der Waals surface area (Å²) in [7, 11) is 0. The minimum absolute atomic E-state index is 0.145. The molecule has 0 bridgehead atoms. The topological polar surface area (TPSA) is 75.2 Å². The molecule has 29 heavy (non-hydrogen) atoms. The molecular formula is C21H19BrN4O2S. The Bertz CT molecular complexity index is 1080. The van der Waals surface area contributed by atoms with Crippen LogP contribution in [-0.2, 0) is 6.42 Å². The monoisotopic (exact) mass is 470 g/mol. The Morgan fingerprint density at radius 2 is 2.00 bits per heavy atom. The molecule has 0 radical (unpaired) electrons. The van der Waals surface area contributed by atoms with Crippen molar-refractivity contribution in [3.63, 3.8) is 0 Å². The Morgan fingerprint density at radius 3 is 2.79 bits per heavy atom. The standard InChI is InChI=1S/C21H19BrN4O2S/c1-2-11-23-19(27)20-25-18-13-6-3-4-8-15(13)26(12-10-16(18)29-20)21(28)14-7-5-9-17(22)24-14/h3-9H,2,10-12H2,1H3,(H,23,27). The van der Waals surface area contributed by atoms with Crippen molar-refractivity contribution in [1.29, 1.82) is 0 Å². The molecule has 8 heteroatoms. The first-order valence-electron chi connectivity index (χ1n) is 9.40. The zero-order chi connectivity index (χ0) is 20.4. The molecule has 3 heterocycles. The molecule has 0 spiro atoms. The first-order chi connectivity index (χ1) is 14.1. The molecule has 1 aliphatic rings. The van der Waals surface area contributed by atoms with E-state index in [4.69, 9.17) is 0 Å². The van der Waals surface area contributed by atoms with Crippen LogP contribution in [0.3, 0.4) is 0 Å². The van der Waals surface area contributed by atoms with Crippen LogP contribution < -0.4 is 10.2 Å². The Hall–Kier alpha value is -2.58. The van der Waals surface area contributed by atoms with E-state index in [0.29, 0.717) is 34.8 Å². The van der Waals surface area contributed by atoms with Gasteiger partial charge in [0.2, 0.25) is 0 Å². The number of thiazole rings is 1. The third-order valence-electron chi connectivity index (χ3n) is 4.62. The van der Waals surface area contributed by atoms with Crippen LogP contribution in [0.15, 0.2) is 47.1 Å². The Kier molecular flexibility index (Phi) is 5.73. The molecule has 0 aliphatic carbocycles. The highest BCUT2D eigenvalue weighted by molar-refractivity contribution is 9.10. The van der Waals surface area contributed by atoms with Gasteiger partial charge in [-0.1, -0.05) is 31.2 Å². The van der Waals surface area contributed by atoms with Gasteiger partial charge in [-0.05, 0) is 40.5 Å². The van der Waals surface area contributed by atoms with Crippen LogP contribution in [0.4, 0.5) is 5.69 Å². The SMILES string of the molecule is CCCNC(=O)c1nc2c(s1)CCN(C(=O)c1cccc(Br)n1)c1ccccc1-2. The molecule has 2 amide bonds. The van der Waals surface area contributed by atoms with Crippen molar-refractivity contribution in [2.75, 3.05) is 18.0 Å². The maximum absolute atomic E-state index is 13.2. The van der Waals surface area contributed by atoms with Crippen LogP contribution in [0, 0.1) is 0 Å². The van der Waals surface area contributed by atoms with E-state index in [1.807, 2.05) is 31.2 Å². The fraction of sp³-hybridized carbons (Fsp3) is 0.238. The molecule has 2 aromatic heterocycles. The van der Waals surface area contributed by atoms with Crippen LogP contribution in [0.5, 0.6) is 0 Å². The predicted octanol–water partition coefficient (Wildman–Crippen LogP) is 4.31. The number of carbonyl (C=O) groups excluding carboxylic acids is 2. The van der Waals surface area contributed by atoms with Gasteiger partial charge in [0, 0.05) is 30.0 Å². The van der Waals surface area contributed by atoms with Crippen LogP contribution in [-0.4, -0.2) is 34.9 Å². The fourth-order valence-electron chi connectivity index (χ4n) is 3.26. The van der Waals surface area contributed by atoms with Crippen molar-refractivity contribution in [1.82, 2.24) is 15.3 Å². The van der Waals surface area contributed by atoms with Gasteiger partial charge in [-0.2, -0.15) is 0 Å². The summed E-state index contributed by atoms with van der Waals surface area (Å²) in [5.74, 6) is -0.302. The van der Waals surface area contributed by atoms with Gasteiger partial charge in [0.25, 0.3) is 11.8 Å². The summed E-state index contributed by atoms with van der Waals surface area (Å²) >= 11 is 4.73. The number of para-hydroxylation sites is 1. The predicted molar refractivity (Wildman–Crippen MR) is 117 cm³/mol. The number of amides is 2. The summed E-state index contributed by atoms with van der Waals surface area (Å²) in [5, 5.41) is 3.35. The lowest BCUT2D eigenvalue weighted by Crippen LogP contribution is -2.33. The number of hydrogen-bond acceptors (Lipinski definition) is 5. The molecule has 1 aromatic carbocycles. The highest BCUT2D eigenvalue weighted by Gasteiger charge is 2.28. The maximum Gasteiger partial charge on any atom is 0.280 e. The Labute approximate surface area is 181 Å². The maximum atomic E-state index is 13.2. The highest BCUT2D eigenvalue weighted by Crippen LogP contribution is 2.38. The van der Waals surface area contributed by atoms with E-state index in [1.165, 1.54) is 11.3 Å². The molecule has 0 saturated heterocycles. The molecular weight excluding hydrogens is 452 g/mol. The average Bonchev–Trinajstić information content (AvgIpc) is 3.10. The van der Waals surface area contributed by atoms with E-state index in [0.717, 1.165) is 28.2 Å². The molecule has 0 fully saturated rings.